The molecule has 1 atom stereocenters. The van der Waals surface area contributed by atoms with E-state index in [2.05, 4.69) is 67.3 Å². The molecule has 4 heteroatoms. The van der Waals surface area contributed by atoms with Gasteiger partial charge in [-0.3, -0.25) is 4.79 Å². The van der Waals surface area contributed by atoms with Crippen molar-refractivity contribution in [1.82, 2.24) is 0 Å². The van der Waals surface area contributed by atoms with Gasteiger partial charge < -0.3 is 9.64 Å². The van der Waals surface area contributed by atoms with Gasteiger partial charge in [0.15, 0.2) is 0 Å². The molecule has 0 N–H and O–H groups in total. The van der Waals surface area contributed by atoms with Gasteiger partial charge in [0.1, 0.15) is 6.61 Å². The zero-order valence-electron chi connectivity index (χ0n) is 19.0. The van der Waals surface area contributed by atoms with Gasteiger partial charge in [0.05, 0.1) is 5.92 Å². The van der Waals surface area contributed by atoms with E-state index in [-0.39, 0.29) is 24.0 Å². The minimum absolute atomic E-state index is 0.0769. The Bertz CT molecular complexity index is 1080. The zero-order valence-corrected chi connectivity index (χ0v) is 19.7. The maximum absolute atomic E-state index is 12.7. The summed E-state index contributed by atoms with van der Waals surface area (Å²) in [7, 11) is 0. The molecule has 4 rings (SSSR count). The zero-order chi connectivity index (χ0) is 22.7. The van der Waals surface area contributed by atoms with Gasteiger partial charge in [-0.2, -0.15) is 0 Å². The van der Waals surface area contributed by atoms with Gasteiger partial charge in [-0.25, -0.2) is 0 Å². The Hall–Kier alpha value is -2.78. The summed E-state index contributed by atoms with van der Waals surface area (Å²) in [5.74, 6) is -0.526. The molecule has 3 aromatic carbocycles. The van der Waals surface area contributed by atoms with E-state index in [1.165, 1.54) is 16.8 Å². The van der Waals surface area contributed by atoms with E-state index in [1.807, 2.05) is 19.1 Å². The van der Waals surface area contributed by atoms with Crippen LogP contribution in [0.15, 0.2) is 72.8 Å². The quantitative estimate of drug-likeness (QED) is 0.384. The van der Waals surface area contributed by atoms with Crippen LogP contribution in [0.2, 0.25) is 5.02 Å². The van der Waals surface area contributed by atoms with Crippen molar-refractivity contribution in [3.63, 3.8) is 0 Å². The van der Waals surface area contributed by atoms with Crippen LogP contribution in [0.25, 0.3) is 0 Å². The fraction of sp³-hybridized carbons (Fsp3) is 0.321. The molecular weight excluding hydrogens is 418 g/mol. The Morgan fingerprint density at radius 2 is 1.75 bits per heavy atom. The second-order valence-corrected chi connectivity index (χ2v) is 9.66. The summed E-state index contributed by atoms with van der Waals surface area (Å²) in [6.45, 7) is 7.66. The highest BCUT2D eigenvalue weighted by molar-refractivity contribution is 6.30. The summed E-state index contributed by atoms with van der Waals surface area (Å²) in [5.41, 5.74) is 5.87. The molecule has 3 nitrogen and oxygen atoms in total. The molecule has 0 aliphatic carbocycles. The largest absolute Gasteiger partial charge is 0.460 e. The number of aryl methyl sites for hydroxylation is 1. The van der Waals surface area contributed by atoms with Gasteiger partial charge in [0.2, 0.25) is 0 Å². The molecule has 1 heterocycles. The van der Waals surface area contributed by atoms with Crippen LogP contribution >= 0.6 is 11.6 Å². The number of esters is 1. The van der Waals surface area contributed by atoms with E-state index in [0.717, 1.165) is 30.5 Å². The number of carbonyl (C=O) groups is 1. The predicted octanol–water partition coefficient (Wildman–Crippen LogP) is 6.92. The number of ether oxygens (including phenoxy) is 1. The van der Waals surface area contributed by atoms with Gasteiger partial charge in [-0.05, 0) is 74.1 Å². The molecule has 166 valence electrons. The van der Waals surface area contributed by atoms with Gasteiger partial charge in [-0.15, -0.1) is 0 Å². The van der Waals surface area contributed by atoms with Crippen LogP contribution in [0.4, 0.5) is 5.69 Å². The van der Waals surface area contributed by atoms with Gasteiger partial charge in [0.25, 0.3) is 0 Å². The summed E-state index contributed by atoms with van der Waals surface area (Å²) >= 11 is 5.92. The molecule has 0 spiro atoms. The van der Waals surface area contributed by atoms with E-state index >= 15 is 0 Å². The molecule has 0 amide bonds. The first kappa shape index (κ1) is 22.4. The predicted molar refractivity (Wildman–Crippen MR) is 131 cm³/mol. The topological polar surface area (TPSA) is 29.5 Å². The summed E-state index contributed by atoms with van der Waals surface area (Å²) < 4.78 is 5.57. The summed E-state index contributed by atoms with van der Waals surface area (Å²) in [5, 5.41) is 0.673. The molecule has 0 bridgehead atoms. The number of benzene rings is 3. The van der Waals surface area contributed by atoms with E-state index in [9.17, 15) is 4.79 Å². The standard InChI is InChI=1S/C28H30ClNO2/c1-20(27(31)32-19-22-9-12-25(29)13-10-22)23-11-14-26-24(17-23)15-16-28(2,3)30(26)18-21-7-5-4-6-8-21/h4-14,17,20H,15-16,18-19H2,1-3H3. The number of rotatable bonds is 6. The minimum Gasteiger partial charge on any atom is -0.460 e. The third-order valence-corrected chi connectivity index (χ3v) is 6.71. The molecule has 32 heavy (non-hydrogen) atoms. The minimum atomic E-state index is -0.315. The Labute approximate surface area is 196 Å². The molecule has 0 radical (unpaired) electrons. The molecule has 1 aliphatic rings. The lowest BCUT2D eigenvalue weighted by atomic mass is 9.84. The SMILES string of the molecule is CC(C(=O)OCc1ccc(Cl)cc1)c1ccc2c(c1)CCC(C)(C)N2Cc1ccccc1. The Morgan fingerprint density at radius 3 is 2.47 bits per heavy atom. The fourth-order valence-corrected chi connectivity index (χ4v) is 4.43. The van der Waals surface area contributed by atoms with E-state index in [4.69, 9.17) is 16.3 Å². The van der Waals surface area contributed by atoms with E-state index in [1.54, 1.807) is 12.1 Å². The molecule has 0 fully saturated rings. The van der Waals surface area contributed by atoms with Crippen molar-refractivity contribution in [3.8, 4) is 0 Å². The molecule has 0 saturated heterocycles. The number of halogens is 1. The average Bonchev–Trinajstić information content (AvgIpc) is 2.80. The third kappa shape index (κ3) is 4.99. The second-order valence-electron chi connectivity index (χ2n) is 9.23. The normalized spacial score (nSPS) is 15.7. The first-order valence-electron chi connectivity index (χ1n) is 11.2. The maximum Gasteiger partial charge on any atom is 0.313 e. The number of nitrogens with zero attached hydrogens (tertiary/aromatic N) is 1. The van der Waals surface area contributed by atoms with Gasteiger partial charge >= 0.3 is 5.97 Å². The summed E-state index contributed by atoms with van der Waals surface area (Å²) in [6, 6.07) is 24.4. The van der Waals surface area contributed by atoms with Crippen molar-refractivity contribution in [2.75, 3.05) is 4.90 Å². The van der Waals surface area contributed by atoms with Crippen molar-refractivity contribution in [3.05, 3.63) is 100 Å². The molecule has 0 saturated carbocycles. The number of hydrogen-bond acceptors (Lipinski definition) is 3. The molecule has 1 aliphatic heterocycles. The lowest BCUT2D eigenvalue weighted by Crippen LogP contribution is -2.47. The van der Waals surface area contributed by atoms with Gasteiger partial charge in [0, 0.05) is 22.8 Å². The summed E-state index contributed by atoms with van der Waals surface area (Å²) in [4.78, 5) is 15.2. The number of hydrogen-bond donors (Lipinski definition) is 0. The van der Waals surface area contributed by atoms with Gasteiger partial charge in [-0.1, -0.05) is 66.2 Å². The summed E-state index contributed by atoms with van der Waals surface area (Å²) in [6.07, 6.45) is 2.08. The highest BCUT2D eigenvalue weighted by Gasteiger charge is 2.33. The van der Waals surface area contributed by atoms with Crippen LogP contribution in [0.1, 0.15) is 55.4 Å². The number of fused-ring (bicyclic) bond motifs is 1. The molecule has 0 aromatic heterocycles. The highest BCUT2D eigenvalue weighted by atomic mass is 35.5. The van der Waals surface area contributed by atoms with Crippen LogP contribution in [-0.2, 0) is 29.1 Å². The van der Waals surface area contributed by atoms with Crippen LogP contribution in [-0.4, -0.2) is 11.5 Å². The first-order valence-corrected chi connectivity index (χ1v) is 11.6. The monoisotopic (exact) mass is 447 g/mol. The average molecular weight is 448 g/mol. The van der Waals surface area contributed by atoms with Crippen LogP contribution in [0, 0.1) is 0 Å². The van der Waals surface area contributed by atoms with Crippen molar-refractivity contribution in [2.45, 2.75) is 58.2 Å². The Balaban J connectivity index is 1.49. The highest BCUT2D eigenvalue weighted by Crippen LogP contribution is 2.39. The lowest BCUT2D eigenvalue weighted by Gasteiger charge is -2.45. The van der Waals surface area contributed by atoms with Crippen molar-refractivity contribution in [1.29, 1.82) is 0 Å². The maximum atomic E-state index is 12.7. The van der Waals surface area contributed by atoms with E-state index < -0.39 is 0 Å². The molecule has 3 aromatic rings. The smallest absolute Gasteiger partial charge is 0.313 e. The fourth-order valence-electron chi connectivity index (χ4n) is 4.30. The second kappa shape index (κ2) is 9.38. The Kier molecular flexibility index (Phi) is 6.57. The van der Waals surface area contributed by atoms with Crippen molar-refractivity contribution >= 4 is 23.3 Å². The molecular formula is C28H30ClNO2. The van der Waals surface area contributed by atoms with Crippen molar-refractivity contribution in [2.24, 2.45) is 0 Å². The third-order valence-electron chi connectivity index (χ3n) is 6.46. The van der Waals surface area contributed by atoms with Crippen LogP contribution in [0.3, 0.4) is 0 Å². The number of anilines is 1. The van der Waals surface area contributed by atoms with Crippen molar-refractivity contribution < 1.29 is 9.53 Å². The van der Waals surface area contributed by atoms with Crippen LogP contribution < -0.4 is 4.90 Å². The molecule has 1 unspecified atom stereocenters. The Morgan fingerprint density at radius 1 is 1.03 bits per heavy atom. The first-order chi connectivity index (χ1) is 15.3. The lowest BCUT2D eigenvalue weighted by molar-refractivity contribution is -0.146. The number of carbonyl (C=O) groups excluding carboxylic acids is 1. The van der Waals surface area contributed by atoms with E-state index in [0.29, 0.717) is 5.02 Å². The van der Waals surface area contributed by atoms with Crippen LogP contribution in [0.5, 0.6) is 0 Å².